The number of nitrogens with one attached hydrogen (secondary N) is 1. The van der Waals surface area contributed by atoms with E-state index in [0.717, 1.165) is 62.9 Å². The van der Waals surface area contributed by atoms with Gasteiger partial charge in [0.05, 0.1) is 11.3 Å². The number of rotatable bonds is 6. The molecule has 7 nitrogen and oxygen atoms in total. The normalized spacial score (nSPS) is 12.3. The topological polar surface area (TPSA) is 61.6 Å². The van der Waals surface area contributed by atoms with Gasteiger partial charge in [0.2, 0.25) is 0 Å². The van der Waals surface area contributed by atoms with Gasteiger partial charge in [-0.05, 0) is 99.6 Å². The fourth-order valence-corrected chi connectivity index (χ4v) is 6.90. The minimum atomic E-state index is -4.31. The molecule has 0 saturated carbocycles. The molecule has 0 saturated heterocycles. The molecule has 0 spiro atoms. The Morgan fingerprint density at radius 2 is 1.54 bits per heavy atom. The van der Waals surface area contributed by atoms with E-state index < -0.39 is 11.7 Å². The molecule has 0 fully saturated rings. The predicted octanol–water partition coefficient (Wildman–Crippen LogP) is 10.5. The maximum Gasteiger partial charge on any atom is 4.00 e. The number of pyridine rings is 2. The molecular weight excluding hydrogens is 867 g/mol. The van der Waals surface area contributed by atoms with Crippen LogP contribution in [0.25, 0.3) is 32.9 Å². The average Bonchev–Trinajstić information content (AvgIpc) is 3.67. The number of alkyl halides is 3. The van der Waals surface area contributed by atoms with Crippen molar-refractivity contribution in [3.8, 4) is 11.1 Å². The fraction of sp³-hybridized carbons (Fsp3) is 0.163. The van der Waals surface area contributed by atoms with Gasteiger partial charge in [-0.25, -0.2) is 4.98 Å². The molecule has 0 unspecified atom stereocenters. The summed E-state index contributed by atoms with van der Waals surface area (Å²) in [6.45, 7) is 12.5. The summed E-state index contributed by atoms with van der Waals surface area (Å²) in [6, 6.07) is 31.3. The summed E-state index contributed by atoms with van der Waals surface area (Å²) in [5.74, 6) is 0.892. The van der Waals surface area contributed by atoms with Crippen LogP contribution in [-0.2, 0) is 27.2 Å². The summed E-state index contributed by atoms with van der Waals surface area (Å²) >= 11 is 0. The van der Waals surface area contributed by atoms with E-state index in [2.05, 4.69) is 100.0 Å². The third-order valence-electron chi connectivity index (χ3n) is 9.27. The van der Waals surface area contributed by atoms with Crippen molar-refractivity contribution in [1.29, 1.82) is 0 Å². The molecule has 0 aliphatic carbocycles. The summed E-state index contributed by atoms with van der Waals surface area (Å²) in [4.78, 5) is 19.6. The van der Waals surface area contributed by atoms with Crippen LogP contribution in [0, 0.1) is 47.1 Å². The van der Waals surface area contributed by atoms with Gasteiger partial charge in [0, 0.05) is 23.8 Å². The van der Waals surface area contributed by atoms with Gasteiger partial charge in [-0.15, -0.1) is 46.2 Å². The van der Waals surface area contributed by atoms with Crippen molar-refractivity contribution in [2.75, 3.05) is 34.1 Å². The van der Waals surface area contributed by atoms with Crippen LogP contribution in [0.3, 0.4) is 0 Å². The molecule has 276 valence electrons. The number of nitrogens with zero attached hydrogens (tertiary/aromatic N) is 6. The molecule has 1 aliphatic rings. The van der Waals surface area contributed by atoms with E-state index in [1.807, 2.05) is 63.2 Å². The second-order valence-electron chi connectivity index (χ2n) is 13.2. The van der Waals surface area contributed by atoms with Crippen LogP contribution >= 0.6 is 0 Å². The van der Waals surface area contributed by atoms with Crippen molar-refractivity contribution in [3.63, 3.8) is 0 Å². The van der Waals surface area contributed by atoms with Crippen molar-refractivity contribution in [1.82, 2.24) is 15.0 Å². The number of halogens is 3. The number of fused-ring (bicyclic) bond motifs is 4. The quantitative estimate of drug-likeness (QED) is 0.167. The van der Waals surface area contributed by atoms with Crippen LogP contribution in [-0.4, -0.2) is 24.1 Å². The van der Waals surface area contributed by atoms with Gasteiger partial charge in [0.25, 0.3) is 0 Å². The van der Waals surface area contributed by atoms with Crippen molar-refractivity contribution in [2.45, 2.75) is 33.9 Å². The first-order valence-corrected chi connectivity index (χ1v) is 17.1. The fourth-order valence-electron chi connectivity index (χ4n) is 6.90. The van der Waals surface area contributed by atoms with E-state index in [1.165, 1.54) is 28.3 Å². The number of hydrogen-bond donors (Lipinski definition) is 1. The Morgan fingerprint density at radius 1 is 0.833 bits per heavy atom. The Balaban J connectivity index is 0.000000231. The molecule has 54 heavy (non-hydrogen) atoms. The summed E-state index contributed by atoms with van der Waals surface area (Å²) in [7, 11) is 4.05. The first-order chi connectivity index (χ1) is 25.4. The Hall–Kier alpha value is -5.34. The SMILES string of the molecule is Cc1cc(C)c(-c2cc(N[CH-]N(C)c3cccnc3C)[c-]c(N3[CH-]N(C)c4cccnc43)c2)c(C)c1.FC(F)(F)c1ccc2[n-]c3ccccc3c2c1.[Pt+4]. The van der Waals surface area contributed by atoms with Gasteiger partial charge in [-0.1, -0.05) is 54.1 Å². The van der Waals surface area contributed by atoms with Crippen LogP contribution in [0.15, 0.2) is 103 Å². The van der Waals surface area contributed by atoms with Crippen molar-refractivity contribution in [2.24, 2.45) is 0 Å². The van der Waals surface area contributed by atoms with E-state index in [-0.39, 0.29) is 21.1 Å². The third kappa shape index (κ3) is 7.80. The minimum Gasteiger partial charge on any atom is -0.657 e. The van der Waals surface area contributed by atoms with Crippen molar-refractivity contribution >= 4 is 50.4 Å². The zero-order valence-electron chi connectivity index (χ0n) is 30.6. The number of anilines is 5. The number of aryl methyl sites for hydroxylation is 4. The first kappa shape index (κ1) is 38.4. The smallest absolute Gasteiger partial charge is 0.657 e. The summed E-state index contributed by atoms with van der Waals surface area (Å²) in [5, 5.41) is 4.78. The number of para-hydroxylation sites is 1. The standard InChI is InChI=1S/C30H31N6.C13H7F3N.Pt/c1-20-13-21(2)29(22(3)14-20)24-15-25(33-18-34(5)27-9-7-11-31-23(27)4)17-26(16-24)36-19-35(6)28-10-8-12-32-30(28)36;14-13(15,16)8-5-6-12-10(7-8)9-3-1-2-4-11(9)17-12;/h7-16,18-19,33H,1-6H3;1-7H;/q-3;-1;+4. The molecule has 4 aromatic carbocycles. The Bertz CT molecular complexity index is 2420. The van der Waals surface area contributed by atoms with Crippen LogP contribution < -0.4 is 25.0 Å². The van der Waals surface area contributed by atoms with Gasteiger partial charge in [-0.3, -0.25) is 4.98 Å². The van der Waals surface area contributed by atoms with Gasteiger partial charge in [-0.2, -0.15) is 26.5 Å². The summed E-state index contributed by atoms with van der Waals surface area (Å²) in [6.07, 6.45) is -0.674. The van der Waals surface area contributed by atoms with E-state index in [9.17, 15) is 13.2 Å². The molecule has 0 atom stereocenters. The molecular formula is C43H38F3N7Pt. The molecule has 1 aliphatic heterocycles. The number of aromatic nitrogens is 3. The van der Waals surface area contributed by atoms with E-state index >= 15 is 0 Å². The van der Waals surface area contributed by atoms with Gasteiger partial charge in [0.15, 0.2) is 0 Å². The molecule has 0 radical (unpaired) electrons. The molecule has 8 rings (SSSR count). The largest absolute Gasteiger partial charge is 4.00 e. The third-order valence-corrected chi connectivity index (χ3v) is 9.27. The molecule has 1 N–H and O–H groups in total. The van der Waals surface area contributed by atoms with Crippen LogP contribution in [0.5, 0.6) is 0 Å². The van der Waals surface area contributed by atoms with Crippen molar-refractivity contribution < 1.29 is 34.2 Å². The van der Waals surface area contributed by atoms with Gasteiger partial charge < -0.3 is 25.0 Å². The van der Waals surface area contributed by atoms with E-state index in [0.29, 0.717) is 10.9 Å². The molecule has 3 aromatic heterocycles. The number of hydrogen-bond acceptors (Lipinski definition) is 6. The maximum absolute atomic E-state index is 12.6. The molecule has 7 aromatic rings. The predicted molar refractivity (Wildman–Crippen MR) is 209 cm³/mol. The summed E-state index contributed by atoms with van der Waals surface area (Å²) < 4.78 is 37.8. The Labute approximate surface area is 328 Å². The van der Waals surface area contributed by atoms with Gasteiger partial charge >= 0.3 is 27.2 Å². The van der Waals surface area contributed by atoms with Crippen LogP contribution in [0.2, 0.25) is 0 Å². The molecule has 0 amide bonds. The first-order valence-electron chi connectivity index (χ1n) is 17.1. The molecule has 0 bridgehead atoms. The van der Waals surface area contributed by atoms with E-state index in [1.54, 1.807) is 18.2 Å². The van der Waals surface area contributed by atoms with E-state index in [4.69, 9.17) is 0 Å². The zero-order chi connectivity index (χ0) is 37.4. The molecule has 4 heterocycles. The monoisotopic (exact) mass is 904 g/mol. The molecule has 11 heteroatoms. The Morgan fingerprint density at radius 3 is 2.28 bits per heavy atom. The second-order valence-corrected chi connectivity index (χ2v) is 13.2. The minimum absolute atomic E-state index is 0. The average molecular weight is 905 g/mol. The van der Waals surface area contributed by atoms with Crippen molar-refractivity contribution in [3.05, 3.63) is 151 Å². The van der Waals surface area contributed by atoms with Crippen LogP contribution in [0.1, 0.15) is 27.9 Å². The number of benzene rings is 4. The summed E-state index contributed by atoms with van der Waals surface area (Å²) in [5.41, 5.74) is 11.7. The van der Waals surface area contributed by atoms with Gasteiger partial charge in [0.1, 0.15) is 5.82 Å². The second kappa shape index (κ2) is 15.6. The van der Waals surface area contributed by atoms with Crippen LogP contribution in [0.4, 0.5) is 41.7 Å². The zero-order valence-corrected chi connectivity index (χ0v) is 32.9. The maximum atomic E-state index is 12.6. The Kier molecular flexibility index (Phi) is 11.1.